The minimum atomic E-state index is -0.249. The third-order valence-corrected chi connectivity index (χ3v) is 6.50. The van der Waals surface area contributed by atoms with Crippen LogP contribution in [-0.4, -0.2) is 56.8 Å². The summed E-state index contributed by atoms with van der Waals surface area (Å²) >= 11 is 6.24. The number of hydrogen-bond donors (Lipinski definition) is 1. The van der Waals surface area contributed by atoms with Crippen LogP contribution in [0.5, 0.6) is 0 Å². The first kappa shape index (κ1) is 23.0. The van der Waals surface area contributed by atoms with Crippen molar-refractivity contribution in [2.45, 2.75) is 19.4 Å². The molecule has 1 N–H and O–H groups in total. The van der Waals surface area contributed by atoms with Crippen LogP contribution >= 0.6 is 11.6 Å². The number of hydrogen-bond acceptors (Lipinski definition) is 6. The summed E-state index contributed by atoms with van der Waals surface area (Å²) < 4.78 is 14.8. The zero-order valence-corrected chi connectivity index (χ0v) is 19.8. The van der Waals surface area contributed by atoms with E-state index in [1.165, 1.54) is 12.1 Å². The summed E-state index contributed by atoms with van der Waals surface area (Å²) in [5.41, 5.74) is 2.58. The van der Waals surface area contributed by atoms with Gasteiger partial charge < -0.3 is 15.1 Å². The normalized spacial score (nSPS) is 13.9. The lowest BCUT2D eigenvalue weighted by Gasteiger charge is -2.36. The van der Waals surface area contributed by atoms with Crippen molar-refractivity contribution in [3.05, 3.63) is 82.9 Å². The summed E-state index contributed by atoms with van der Waals surface area (Å²) in [7, 11) is 0. The van der Waals surface area contributed by atoms with Crippen molar-refractivity contribution < 1.29 is 9.18 Å². The number of anilines is 2. The zero-order chi connectivity index (χ0) is 24.2. The van der Waals surface area contributed by atoms with Crippen LogP contribution in [0, 0.1) is 5.82 Å². The second-order valence-corrected chi connectivity index (χ2v) is 8.80. The molecule has 0 spiro atoms. The monoisotopic (exact) mass is 493 g/mol. The third kappa shape index (κ3) is 5.35. The number of carbonyl (C=O) groups excluding carboxylic acids is 1. The molecule has 10 heteroatoms. The molecular formula is C25H25ClFN7O. The molecule has 2 aromatic carbocycles. The number of rotatable bonds is 7. The van der Waals surface area contributed by atoms with E-state index in [0.717, 1.165) is 11.3 Å². The maximum absolute atomic E-state index is 13.2. The van der Waals surface area contributed by atoms with Gasteiger partial charge in [0.1, 0.15) is 11.6 Å². The van der Waals surface area contributed by atoms with Gasteiger partial charge in [0.2, 0.25) is 5.91 Å². The fourth-order valence-corrected chi connectivity index (χ4v) is 4.36. The van der Waals surface area contributed by atoms with Crippen LogP contribution in [0.2, 0.25) is 5.02 Å². The Balaban J connectivity index is 1.17. The number of aryl methyl sites for hydroxylation is 1. The summed E-state index contributed by atoms with van der Waals surface area (Å²) in [6, 6.07) is 17.8. The summed E-state index contributed by atoms with van der Waals surface area (Å²) in [4.78, 5) is 16.9. The first-order valence-corrected chi connectivity index (χ1v) is 11.9. The number of carbonyl (C=O) groups is 1. The minimum absolute atomic E-state index is 0.0773. The smallest absolute Gasteiger partial charge is 0.223 e. The van der Waals surface area contributed by atoms with Gasteiger partial charge in [-0.15, -0.1) is 15.3 Å². The molecule has 0 saturated carbocycles. The minimum Gasteiger partial charge on any atom is -0.368 e. The van der Waals surface area contributed by atoms with Crippen molar-refractivity contribution in [1.82, 2.24) is 24.7 Å². The Hall–Kier alpha value is -3.72. The molecule has 0 bridgehead atoms. The lowest BCUT2D eigenvalue weighted by Crippen LogP contribution is -2.48. The first-order valence-electron chi connectivity index (χ1n) is 11.5. The van der Waals surface area contributed by atoms with Gasteiger partial charge in [0.25, 0.3) is 0 Å². The number of nitrogens with zero attached hydrogens (tertiary/aromatic N) is 6. The zero-order valence-electron chi connectivity index (χ0n) is 19.1. The molecule has 3 heterocycles. The van der Waals surface area contributed by atoms with Gasteiger partial charge in [-0.1, -0.05) is 29.8 Å². The van der Waals surface area contributed by atoms with Gasteiger partial charge in [0, 0.05) is 56.3 Å². The number of piperazine rings is 1. The Morgan fingerprint density at radius 1 is 0.971 bits per heavy atom. The Morgan fingerprint density at radius 3 is 2.51 bits per heavy atom. The third-order valence-electron chi connectivity index (χ3n) is 6.13. The molecule has 1 amide bonds. The molecule has 2 aromatic heterocycles. The molecule has 4 aromatic rings. The van der Waals surface area contributed by atoms with E-state index in [4.69, 9.17) is 11.6 Å². The highest BCUT2D eigenvalue weighted by Gasteiger charge is 2.22. The van der Waals surface area contributed by atoms with Gasteiger partial charge >= 0.3 is 0 Å². The highest BCUT2D eigenvalue weighted by Crippen LogP contribution is 2.19. The molecular weight excluding hydrogens is 469 g/mol. The number of fused-ring (bicyclic) bond motifs is 1. The second-order valence-electron chi connectivity index (χ2n) is 8.39. The average molecular weight is 494 g/mol. The van der Waals surface area contributed by atoms with Crippen molar-refractivity contribution >= 4 is 34.7 Å². The summed E-state index contributed by atoms with van der Waals surface area (Å²) in [6.45, 7) is 3.23. The molecule has 8 nitrogen and oxygen atoms in total. The molecule has 5 rings (SSSR count). The Morgan fingerprint density at radius 2 is 1.74 bits per heavy atom. The maximum atomic E-state index is 13.2. The second kappa shape index (κ2) is 10.3. The summed E-state index contributed by atoms with van der Waals surface area (Å²) in [5.74, 6) is 1.14. The lowest BCUT2D eigenvalue weighted by atomic mass is 10.2. The molecule has 35 heavy (non-hydrogen) atoms. The molecule has 0 atom stereocenters. The van der Waals surface area contributed by atoms with Crippen molar-refractivity contribution in [2.24, 2.45) is 0 Å². The van der Waals surface area contributed by atoms with Crippen molar-refractivity contribution in [3.8, 4) is 0 Å². The average Bonchev–Trinajstić information content (AvgIpc) is 3.29. The molecule has 0 unspecified atom stereocenters. The van der Waals surface area contributed by atoms with Gasteiger partial charge in [-0.25, -0.2) is 4.39 Å². The van der Waals surface area contributed by atoms with Gasteiger partial charge in [0.05, 0.1) is 0 Å². The van der Waals surface area contributed by atoms with E-state index in [-0.39, 0.29) is 11.7 Å². The summed E-state index contributed by atoms with van der Waals surface area (Å²) in [5, 5.41) is 17.0. The van der Waals surface area contributed by atoms with Crippen molar-refractivity contribution in [2.75, 3.05) is 36.4 Å². The highest BCUT2D eigenvalue weighted by molar-refractivity contribution is 6.31. The lowest BCUT2D eigenvalue weighted by molar-refractivity contribution is -0.131. The van der Waals surface area contributed by atoms with Gasteiger partial charge in [-0.2, -0.15) is 4.52 Å². The number of nitrogens with one attached hydrogen (secondary N) is 1. The predicted octanol–water partition coefficient (Wildman–Crippen LogP) is 3.81. The van der Waals surface area contributed by atoms with E-state index in [1.54, 1.807) is 16.6 Å². The van der Waals surface area contributed by atoms with E-state index >= 15 is 0 Å². The van der Waals surface area contributed by atoms with Crippen LogP contribution in [-0.2, 0) is 17.8 Å². The molecule has 0 radical (unpaired) electrons. The van der Waals surface area contributed by atoms with E-state index in [2.05, 4.69) is 25.5 Å². The van der Waals surface area contributed by atoms with Gasteiger partial charge in [-0.05, 0) is 48.0 Å². The fourth-order valence-electron chi connectivity index (χ4n) is 4.15. The van der Waals surface area contributed by atoms with E-state index < -0.39 is 0 Å². The predicted molar refractivity (Wildman–Crippen MR) is 133 cm³/mol. The topological polar surface area (TPSA) is 78.7 Å². The standard InChI is InChI=1S/C25H25ClFN7O/c26-21-4-2-1-3-18(21)17-28-22-9-10-23-29-30-24(34(23)31-22)11-12-25(35)33-15-13-32(14-16-33)20-7-5-19(27)6-8-20/h1-10H,11-17H2,(H,28,31). The number of amides is 1. The first-order chi connectivity index (χ1) is 17.1. The van der Waals surface area contributed by atoms with Gasteiger partial charge in [0.15, 0.2) is 11.5 Å². The Kier molecular flexibility index (Phi) is 6.76. The SMILES string of the molecule is O=C(CCc1nnc2ccc(NCc3ccccc3Cl)nn12)N1CCN(c2ccc(F)cc2)CC1. The molecule has 1 aliphatic heterocycles. The highest BCUT2D eigenvalue weighted by atomic mass is 35.5. The fraction of sp³-hybridized carbons (Fsp3) is 0.280. The molecule has 180 valence electrons. The largest absolute Gasteiger partial charge is 0.368 e. The van der Waals surface area contributed by atoms with Crippen LogP contribution in [0.1, 0.15) is 17.8 Å². The number of aromatic nitrogens is 4. The molecule has 1 saturated heterocycles. The van der Waals surface area contributed by atoms with Crippen LogP contribution in [0.25, 0.3) is 5.65 Å². The number of halogens is 2. The number of benzene rings is 2. The van der Waals surface area contributed by atoms with Crippen molar-refractivity contribution in [1.29, 1.82) is 0 Å². The molecule has 1 fully saturated rings. The van der Waals surface area contributed by atoms with Gasteiger partial charge in [-0.3, -0.25) is 4.79 Å². The van der Waals surface area contributed by atoms with Crippen LogP contribution in [0.15, 0.2) is 60.7 Å². The van der Waals surface area contributed by atoms with Crippen LogP contribution < -0.4 is 10.2 Å². The Labute approximate surface area is 207 Å². The molecule has 1 aliphatic rings. The summed E-state index contributed by atoms with van der Waals surface area (Å²) in [6.07, 6.45) is 0.773. The van der Waals surface area contributed by atoms with Crippen LogP contribution in [0.4, 0.5) is 15.9 Å². The van der Waals surface area contributed by atoms with Crippen LogP contribution in [0.3, 0.4) is 0 Å². The maximum Gasteiger partial charge on any atom is 0.223 e. The van der Waals surface area contributed by atoms with Crippen molar-refractivity contribution in [3.63, 3.8) is 0 Å². The van der Waals surface area contributed by atoms with E-state index in [0.29, 0.717) is 67.9 Å². The Bertz CT molecular complexity index is 1320. The quantitative estimate of drug-likeness (QED) is 0.422. The van der Waals surface area contributed by atoms with E-state index in [9.17, 15) is 9.18 Å². The molecule has 0 aliphatic carbocycles. The van der Waals surface area contributed by atoms with E-state index in [1.807, 2.05) is 41.3 Å².